The Morgan fingerprint density at radius 1 is 0.690 bits per heavy atom. The number of nitrogens with one attached hydrogen (secondary N) is 1. The number of allylic oxidation sites excluding steroid dienone is 1. The fraction of sp³-hybridized carbons (Fsp3) is 0.939. The zero-order valence-electron chi connectivity index (χ0n) is 48.2. The van der Waals surface area contributed by atoms with E-state index in [-0.39, 0.29) is 24.5 Å². The van der Waals surface area contributed by atoms with Gasteiger partial charge in [0.1, 0.15) is 79.2 Å². The highest BCUT2D eigenvalue weighted by Gasteiger charge is 2.60. The van der Waals surface area contributed by atoms with Crippen LogP contribution in [-0.2, 0) is 54.0 Å². The summed E-state index contributed by atoms with van der Waals surface area (Å²) >= 11 is 0. The van der Waals surface area contributed by atoms with E-state index < -0.39 is 151 Å². The molecule has 0 radical (unpaired) electrons. The molecular weight excluding hydrogens is 1260 g/mol. The van der Waals surface area contributed by atoms with Gasteiger partial charge in [-0.1, -0.05) is 65.5 Å². The number of alkyl carbamates (subject to hydrolysis) is 1. The number of halogens is 9. The second kappa shape index (κ2) is 29.7. The number of carbonyl (C=O) groups excluding carboxylic acids is 1. The van der Waals surface area contributed by atoms with Crippen LogP contribution in [0.4, 0.5) is 44.3 Å². The third-order valence-corrected chi connectivity index (χ3v) is 20.0. The SMILES string of the molecule is CC(C)CCC[C@@H](C)[C@H]1CC[C@H]2[C@@H]3CC=C4C[C@@H](OC(=O)NC[C@H]5O[C@@H](O[C@@H]6[C@H](O)[C@@H](O[C@@H]7O[C@H](CO)[C@@H](O)[C@H]([NH3+])[C@H]7O)[C@H]([NH3+])C[C@@H]6[NH3+])[C@H](O)[C@@H](O)[C@@H]5O)CC[C@]4(C)[C@H]3CC[C@]12C.O=S(=O)([O-])C(F)(F)F.O=S(=O)([O-])C(F)(F)F.O=S(=O)([O-])C(F)(F)F. The number of aliphatic hydroxyl groups is 7. The molecule has 7 rings (SSSR count). The van der Waals surface area contributed by atoms with Gasteiger partial charge in [-0.15, -0.1) is 0 Å². The van der Waals surface area contributed by atoms with Crippen molar-refractivity contribution >= 4 is 36.4 Å². The Labute approximate surface area is 497 Å². The van der Waals surface area contributed by atoms with E-state index in [1.807, 2.05) is 0 Å². The average molecular weight is 1350 g/mol. The second-order valence-electron chi connectivity index (χ2n) is 24.5. The van der Waals surface area contributed by atoms with E-state index in [4.69, 9.17) is 62.6 Å². The molecule has 0 aromatic heterocycles. The van der Waals surface area contributed by atoms with Crippen molar-refractivity contribution in [2.75, 3.05) is 13.2 Å². The standard InChI is InChI=1S/C46H80N4O13.3CHF3O3S/c1-21(2)7-6-8-22(3)26-11-12-27-25-10-9-23-17-24(13-15-45(23,4)28(25)14-16-46(26,27)5)59-44(58)50-19-31-35(53)37(55)38(56)43(60-31)63-41-30(48)18-29(47)40(39(41)57)62-42-36(54)33(49)34(52)32(20-51)61-42;3*2-1(3,4)8(5,6)7/h9,21-22,24-43,51-57H,6-8,10-20,47-49H2,1-5H3,(H,50,58);3*(H,5,6,7)/t22-,24+,25+,26-,27+,28+,29-,30+,31-,32-,33+,34-,35-,36-,37+,38-,39-,40+,41+,42+,43+,45+,46-;;;/m1.../s1. The first-order valence-electron chi connectivity index (χ1n) is 28.0. The van der Waals surface area contributed by atoms with Crippen LogP contribution in [0.1, 0.15) is 112 Å². The Morgan fingerprint density at radius 3 is 1.67 bits per heavy atom. The quantitative estimate of drug-likeness (QED) is 0.0451. The fourth-order valence-electron chi connectivity index (χ4n) is 13.7. The van der Waals surface area contributed by atoms with Gasteiger partial charge in [0.2, 0.25) is 0 Å². The summed E-state index contributed by atoms with van der Waals surface area (Å²) in [6.07, 6.45) is -1.97. The molecule has 0 aromatic rings. The van der Waals surface area contributed by atoms with Crippen LogP contribution in [0.15, 0.2) is 11.6 Å². The largest absolute Gasteiger partial charge is 0.741 e. The van der Waals surface area contributed by atoms with Crippen LogP contribution in [-0.4, -0.2) is 208 Å². The van der Waals surface area contributed by atoms with E-state index in [0.29, 0.717) is 23.7 Å². The average Bonchev–Trinajstić information content (AvgIpc) is 1.72. The van der Waals surface area contributed by atoms with Gasteiger partial charge in [0.15, 0.2) is 49.0 Å². The lowest BCUT2D eigenvalue weighted by Gasteiger charge is -2.58. The van der Waals surface area contributed by atoms with E-state index >= 15 is 0 Å². The van der Waals surface area contributed by atoms with Gasteiger partial charge in [0, 0.05) is 13.0 Å². The summed E-state index contributed by atoms with van der Waals surface area (Å²) in [5.74, 6) is 4.46. The number of quaternary nitrogens is 3. The lowest BCUT2D eigenvalue weighted by molar-refractivity contribution is -0.525. The maximum atomic E-state index is 13.3. The van der Waals surface area contributed by atoms with Gasteiger partial charge >= 0.3 is 22.6 Å². The number of rotatable bonds is 13. The van der Waals surface area contributed by atoms with Gasteiger partial charge in [-0.3, -0.25) is 0 Å². The smallest absolute Gasteiger partial charge is 0.485 e. The van der Waals surface area contributed by atoms with Crippen LogP contribution in [0.3, 0.4) is 0 Å². The summed E-state index contributed by atoms with van der Waals surface area (Å²) in [4.78, 5) is 13.3. The Hall–Kier alpha value is -2.45. The molecular formula is C49H83F9N4O22S3. The molecule has 17 N–H and O–H groups in total. The predicted octanol–water partition coefficient (Wildman–Crippen LogP) is -1.11. The van der Waals surface area contributed by atoms with Crippen molar-refractivity contribution in [3.8, 4) is 0 Å². The maximum absolute atomic E-state index is 13.3. The monoisotopic (exact) mass is 1350 g/mol. The Bertz CT molecular complexity index is 2530. The molecule has 2 saturated heterocycles. The minimum atomic E-state index is -6.09. The van der Waals surface area contributed by atoms with Crippen LogP contribution < -0.4 is 22.5 Å². The van der Waals surface area contributed by atoms with Crippen LogP contribution in [0.25, 0.3) is 0 Å². The molecule has 38 heteroatoms. The van der Waals surface area contributed by atoms with Crippen molar-refractivity contribution in [1.82, 2.24) is 5.32 Å². The highest BCUT2D eigenvalue weighted by atomic mass is 32.2. The number of aliphatic hydroxyl groups excluding tert-OH is 7. The Morgan fingerprint density at radius 2 is 1.18 bits per heavy atom. The molecule has 26 nitrogen and oxygen atoms in total. The van der Waals surface area contributed by atoms with Crippen molar-refractivity contribution < 1.29 is 160 Å². The molecule has 6 fully saturated rings. The van der Waals surface area contributed by atoms with Gasteiger partial charge in [-0.2, -0.15) is 39.5 Å². The number of fused-ring (bicyclic) bond motifs is 5. The summed E-state index contributed by atoms with van der Waals surface area (Å²) in [5.41, 5.74) is -3.06. The van der Waals surface area contributed by atoms with Gasteiger partial charge in [-0.25, -0.2) is 30.0 Å². The van der Waals surface area contributed by atoms with E-state index in [1.54, 1.807) is 0 Å². The van der Waals surface area contributed by atoms with Crippen LogP contribution >= 0.6 is 0 Å². The predicted molar refractivity (Wildman–Crippen MR) is 273 cm³/mol. The molecule has 87 heavy (non-hydrogen) atoms. The molecule has 0 unspecified atom stereocenters. The third-order valence-electron chi connectivity index (χ3n) is 18.3. The number of hydrogen-bond donors (Lipinski definition) is 11. The van der Waals surface area contributed by atoms with Gasteiger partial charge in [0.05, 0.1) is 13.0 Å². The van der Waals surface area contributed by atoms with Gasteiger partial charge in [-0.05, 0) is 91.3 Å². The molecule has 0 aromatic carbocycles. The summed E-state index contributed by atoms with van der Waals surface area (Å²) in [6.45, 7) is 11.4. The van der Waals surface area contributed by atoms with Gasteiger partial charge < -0.3 is 95.6 Å². The Kier molecular flexibility index (Phi) is 26.3. The highest BCUT2D eigenvalue weighted by Crippen LogP contribution is 2.67. The lowest BCUT2D eigenvalue weighted by Crippen LogP contribution is -2.83. The lowest BCUT2D eigenvalue weighted by atomic mass is 9.47. The second-order valence-corrected chi connectivity index (χ2v) is 28.6. The van der Waals surface area contributed by atoms with Crippen LogP contribution in [0.5, 0.6) is 0 Å². The van der Waals surface area contributed by atoms with Crippen molar-refractivity contribution in [2.45, 2.75) is 226 Å². The van der Waals surface area contributed by atoms with Crippen molar-refractivity contribution in [3.63, 3.8) is 0 Å². The zero-order valence-corrected chi connectivity index (χ0v) is 50.6. The third kappa shape index (κ3) is 18.9. The maximum Gasteiger partial charge on any atom is 0.485 e. The fourth-order valence-corrected chi connectivity index (χ4v) is 13.7. The molecule has 4 saturated carbocycles. The van der Waals surface area contributed by atoms with E-state index in [9.17, 15) is 80.1 Å². The van der Waals surface area contributed by atoms with E-state index in [2.05, 4.69) is 63.2 Å². The number of ether oxygens (including phenoxy) is 5. The minimum absolute atomic E-state index is 0.0979. The zero-order chi connectivity index (χ0) is 66.7. The number of alkyl halides is 9. The van der Waals surface area contributed by atoms with Crippen molar-refractivity contribution in [1.29, 1.82) is 0 Å². The molecule has 0 bridgehead atoms. The number of amides is 1. The molecule has 0 spiro atoms. The molecule has 1 amide bonds. The normalized spacial score (nSPS) is 39.6. The first-order chi connectivity index (χ1) is 39.5. The summed E-state index contributed by atoms with van der Waals surface area (Å²) < 4.78 is 206. The van der Waals surface area contributed by atoms with Gasteiger partial charge in [0.25, 0.3) is 0 Å². The van der Waals surface area contributed by atoms with Crippen molar-refractivity contribution in [2.24, 2.45) is 46.3 Å². The molecule has 5 aliphatic carbocycles. The summed E-state index contributed by atoms with van der Waals surface area (Å²) in [6, 6.07) is -2.10. The van der Waals surface area contributed by atoms with E-state index in [0.717, 1.165) is 42.9 Å². The molecule has 23 atom stereocenters. The molecule has 2 aliphatic heterocycles. The van der Waals surface area contributed by atoms with Crippen LogP contribution in [0, 0.1) is 46.3 Å². The molecule has 512 valence electrons. The highest BCUT2D eigenvalue weighted by molar-refractivity contribution is 7.87. The number of carbonyl (C=O) groups is 1. The first-order valence-corrected chi connectivity index (χ1v) is 32.3. The van der Waals surface area contributed by atoms with E-state index in [1.165, 1.54) is 50.5 Å². The summed E-state index contributed by atoms with van der Waals surface area (Å²) in [5, 5.41) is 77.6. The summed E-state index contributed by atoms with van der Waals surface area (Å²) in [7, 11) is -18.3. The van der Waals surface area contributed by atoms with Crippen molar-refractivity contribution in [3.05, 3.63) is 11.6 Å². The topological polar surface area (TPSA) is 471 Å². The Balaban J connectivity index is 0.000000565. The molecule has 7 aliphatic rings. The van der Waals surface area contributed by atoms with Crippen LogP contribution in [0.2, 0.25) is 0 Å². The first kappa shape index (κ1) is 77.0. The molecule has 2 heterocycles. The number of hydrogen-bond acceptors (Lipinski definition) is 22. The minimum Gasteiger partial charge on any atom is -0.741 e.